The van der Waals surface area contributed by atoms with Crippen LogP contribution in [0.15, 0.2) is 100 Å². The average Bonchev–Trinajstić information content (AvgIpc) is 3.45. The standard InChI is InChI=1S/C30H27N3O4/c1-20-11-4-5-13-23(20)29(34)32(19-22-12-10-18-37-22)21(2)28-31-25-15-7-6-14-24(25)30(35)33(28)26-16-8-9-17-27(26)36-3/h4-18,21H,19H2,1-3H3. The number of hydrogen-bond acceptors (Lipinski definition) is 5. The minimum absolute atomic E-state index is 0.184. The van der Waals surface area contributed by atoms with Crippen LogP contribution in [0.25, 0.3) is 16.6 Å². The van der Waals surface area contributed by atoms with E-state index < -0.39 is 6.04 Å². The van der Waals surface area contributed by atoms with Gasteiger partial charge in [-0.15, -0.1) is 0 Å². The van der Waals surface area contributed by atoms with Crippen LogP contribution in [0, 0.1) is 6.92 Å². The van der Waals surface area contributed by atoms with Crippen molar-refractivity contribution in [1.82, 2.24) is 14.5 Å². The summed E-state index contributed by atoms with van der Waals surface area (Å²) in [4.78, 5) is 34.5. The Kier molecular flexibility index (Phi) is 6.60. The summed E-state index contributed by atoms with van der Waals surface area (Å²) in [5.74, 6) is 1.39. The van der Waals surface area contributed by atoms with Crippen LogP contribution in [0.3, 0.4) is 0 Å². The Morgan fingerprint density at radius 3 is 2.49 bits per heavy atom. The summed E-state index contributed by atoms with van der Waals surface area (Å²) in [5.41, 5.74) is 2.31. The van der Waals surface area contributed by atoms with E-state index in [0.29, 0.717) is 39.5 Å². The van der Waals surface area contributed by atoms with Crippen molar-refractivity contribution in [3.05, 3.63) is 124 Å². The molecule has 2 aromatic heterocycles. The smallest absolute Gasteiger partial charge is 0.266 e. The lowest BCUT2D eigenvalue weighted by molar-refractivity contribution is 0.0647. The number of carbonyl (C=O) groups is 1. The maximum Gasteiger partial charge on any atom is 0.266 e. The number of fused-ring (bicyclic) bond motifs is 1. The highest BCUT2D eigenvalue weighted by molar-refractivity contribution is 5.95. The van der Waals surface area contributed by atoms with Crippen molar-refractivity contribution in [1.29, 1.82) is 0 Å². The number of nitrogens with zero attached hydrogens (tertiary/aromatic N) is 3. The van der Waals surface area contributed by atoms with Gasteiger partial charge >= 0.3 is 0 Å². The van der Waals surface area contributed by atoms with Gasteiger partial charge in [-0.05, 0) is 61.9 Å². The number of rotatable bonds is 7. The maximum absolute atomic E-state index is 14.0. The molecule has 0 fully saturated rings. The zero-order valence-electron chi connectivity index (χ0n) is 20.9. The Hall–Kier alpha value is -4.65. The van der Waals surface area contributed by atoms with Gasteiger partial charge in [0.2, 0.25) is 0 Å². The fourth-order valence-electron chi connectivity index (χ4n) is 4.54. The van der Waals surface area contributed by atoms with Crippen LogP contribution in [0.4, 0.5) is 0 Å². The molecule has 1 amide bonds. The Morgan fingerprint density at radius 2 is 1.73 bits per heavy atom. The van der Waals surface area contributed by atoms with Crippen LogP contribution < -0.4 is 10.3 Å². The minimum atomic E-state index is -0.598. The van der Waals surface area contributed by atoms with E-state index in [9.17, 15) is 9.59 Å². The number of ether oxygens (including phenoxy) is 1. The second-order valence-electron chi connectivity index (χ2n) is 8.80. The van der Waals surface area contributed by atoms with Gasteiger partial charge in [0, 0.05) is 5.56 Å². The molecule has 5 rings (SSSR count). The molecule has 0 aliphatic carbocycles. The zero-order valence-corrected chi connectivity index (χ0v) is 20.9. The van der Waals surface area contributed by atoms with Crippen molar-refractivity contribution in [2.24, 2.45) is 0 Å². The summed E-state index contributed by atoms with van der Waals surface area (Å²) in [7, 11) is 1.56. The summed E-state index contributed by atoms with van der Waals surface area (Å²) >= 11 is 0. The van der Waals surface area contributed by atoms with E-state index in [1.807, 2.05) is 68.4 Å². The Bertz CT molecular complexity index is 1620. The molecule has 0 aliphatic rings. The number of aromatic nitrogens is 2. The Morgan fingerprint density at radius 1 is 1.00 bits per heavy atom. The van der Waals surface area contributed by atoms with Crippen molar-refractivity contribution in [3.8, 4) is 11.4 Å². The lowest BCUT2D eigenvalue weighted by Crippen LogP contribution is -2.37. The number of carbonyl (C=O) groups excluding carboxylic acids is 1. The molecule has 0 spiro atoms. The number of para-hydroxylation sites is 3. The van der Waals surface area contributed by atoms with Gasteiger partial charge in [0.15, 0.2) is 0 Å². The number of aryl methyl sites for hydroxylation is 1. The minimum Gasteiger partial charge on any atom is -0.495 e. The molecule has 2 heterocycles. The van der Waals surface area contributed by atoms with Crippen molar-refractivity contribution in [2.45, 2.75) is 26.4 Å². The SMILES string of the molecule is COc1ccccc1-n1c(C(C)N(Cc2ccco2)C(=O)c2ccccc2C)nc2ccccc2c1=O. The third-order valence-electron chi connectivity index (χ3n) is 6.51. The fourth-order valence-corrected chi connectivity index (χ4v) is 4.54. The number of amides is 1. The number of methoxy groups -OCH3 is 1. The van der Waals surface area contributed by atoms with E-state index in [2.05, 4.69) is 0 Å². The van der Waals surface area contributed by atoms with Gasteiger partial charge < -0.3 is 14.1 Å². The zero-order chi connectivity index (χ0) is 25.9. The molecular formula is C30H27N3O4. The van der Waals surface area contributed by atoms with Crippen LogP contribution in [0.1, 0.15) is 40.5 Å². The molecule has 186 valence electrons. The van der Waals surface area contributed by atoms with E-state index in [1.165, 1.54) is 0 Å². The first-order chi connectivity index (χ1) is 18.0. The van der Waals surface area contributed by atoms with Crippen molar-refractivity contribution < 1.29 is 13.9 Å². The van der Waals surface area contributed by atoms with Gasteiger partial charge in [-0.2, -0.15) is 0 Å². The van der Waals surface area contributed by atoms with Crippen LogP contribution >= 0.6 is 0 Å². The largest absolute Gasteiger partial charge is 0.495 e. The van der Waals surface area contributed by atoms with Gasteiger partial charge in [-0.3, -0.25) is 14.2 Å². The summed E-state index contributed by atoms with van der Waals surface area (Å²) in [6, 6.07) is 25.0. The molecule has 7 heteroatoms. The van der Waals surface area contributed by atoms with E-state index in [4.69, 9.17) is 14.1 Å². The van der Waals surface area contributed by atoms with Crippen LogP contribution in [-0.2, 0) is 6.54 Å². The molecule has 3 aromatic carbocycles. The molecular weight excluding hydrogens is 466 g/mol. The average molecular weight is 494 g/mol. The highest BCUT2D eigenvalue weighted by Gasteiger charge is 2.29. The van der Waals surface area contributed by atoms with Gasteiger partial charge in [0.05, 0.1) is 42.5 Å². The Labute approximate surface area is 214 Å². The second-order valence-corrected chi connectivity index (χ2v) is 8.80. The van der Waals surface area contributed by atoms with E-state index >= 15 is 0 Å². The number of benzene rings is 3. The lowest BCUT2D eigenvalue weighted by atomic mass is 10.1. The number of furan rings is 1. The van der Waals surface area contributed by atoms with Gasteiger partial charge in [-0.1, -0.05) is 42.5 Å². The third-order valence-corrected chi connectivity index (χ3v) is 6.51. The van der Waals surface area contributed by atoms with Crippen molar-refractivity contribution in [2.75, 3.05) is 7.11 Å². The quantitative estimate of drug-likeness (QED) is 0.291. The Balaban J connectivity index is 1.74. The first-order valence-electron chi connectivity index (χ1n) is 12.0. The highest BCUT2D eigenvalue weighted by Crippen LogP contribution is 2.30. The molecule has 0 saturated heterocycles. The van der Waals surface area contributed by atoms with E-state index in [1.54, 1.807) is 53.2 Å². The molecule has 1 unspecified atom stereocenters. The van der Waals surface area contributed by atoms with E-state index in [-0.39, 0.29) is 18.0 Å². The molecule has 0 radical (unpaired) electrons. The van der Waals surface area contributed by atoms with Gasteiger partial charge in [0.25, 0.3) is 11.5 Å². The summed E-state index contributed by atoms with van der Waals surface area (Å²) < 4.78 is 12.8. The second kappa shape index (κ2) is 10.1. The summed E-state index contributed by atoms with van der Waals surface area (Å²) in [6.07, 6.45) is 1.58. The molecule has 0 aliphatic heterocycles. The normalized spacial score (nSPS) is 11.9. The van der Waals surface area contributed by atoms with E-state index in [0.717, 1.165) is 5.56 Å². The topological polar surface area (TPSA) is 77.6 Å². The highest BCUT2D eigenvalue weighted by atomic mass is 16.5. The fraction of sp³-hybridized carbons (Fsp3) is 0.167. The van der Waals surface area contributed by atoms with Gasteiger partial charge in [-0.25, -0.2) is 4.98 Å². The monoisotopic (exact) mass is 493 g/mol. The molecule has 0 bridgehead atoms. The molecule has 0 saturated carbocycles. The molecule has 7 nitrogen and oxygen atoms in total. The number of hydrogen-bond donors (Lipinski definition) is 0. The van der Waals surface area contributed by atoms with Crippen molar-refractivity contribution >= 4 is 16.8 Å². The van der Waals surface area contributed by atoms with Crippen LogP contribution in [-0.4, -0.2) is 27.5 Å². The maximum atomic E-state index is 14.0. The van der Waals surface area contributed by atoms with Crippen LogP contribution in [0.5, 0.6) is 5.75 Å². The summed E-state index contributed by atoms with van der Waals surface area (Å²) in [6.45, 7) is 3.99. The first kappa shape index (κ1) is 24.1. The molecule has 0 N–H and O–H groups in total. The van der Waals surface area contributed by atoms with Gasteiger partial charge in [0.1, 0.15) is 17.3 Å². The predicted molar refractivity (Wildman–Crippen MR) is 142 cm³/mol. The first-order valence-corrected chi connectivity index (χ1v) is 12.0. The lowest BCUT2D eigenvalue weighted by Gasteiger charge is -2.30. The molecule has 5 aromatic rings. The van der Waals surface area contributed by atoms with Crippen LogP contribution in [0.2, 0.25) is 0 Å². The molecule has 1 atom stereocenters. The summed E-state index contributed by atoms with van der Waals surface area (Å²) in [5, 5.41) is 0.479. The predicted octanol–water partition coefficient (Wildman–Crippen LogP) is 5.70. The third kappa shape index (κ3) is 4.51. The molecule has 37 heavy (non-hydrogen) atoms. The van der Waals surface area contributed by atoms with Crippen molar-refractivity contribution in [3.63, 3.8) is 0 Å².